The lowest BCUT2D eigenvalue weighted by atomic mass is 10.1. The van der Waals surface area contributed by atoms with E-state index in [1.165, 1.54) is 0 Å². The van der Waals surface area contributed by atoms with Crippen molar-refractivity contribution >= 4 is 23.5 Å². The summed E-state index contributed by atoms with van der Waals surface area (Å²) in [6.45, 7) is 1.47. The zero-order chi connectivity index (χ0) is 13.0. The van der Waals surface area contributed by atoms with Crippen molar-refractivity contribution in [3.8, 4) is 0 Å². The second-order valence-electron chi connectivity index (χ2n) is 3.55. The lowest BCUT2D eigenvalue weighted by molar-refractivity contribution is -0.146. The van der Waals surface area contributed by atoms with E-state index in [9.17, 15) is 9.59 Å². The number of carboxylic acid groups (broad SMARTS) is 1. The van der Waals surface area contributed by atoms with E-state index in [4.69, 9.17) is 21.8 Å². The average molecular weight is 258 g/mol. The van der Waals surface area contributed by atoms with Crippen molar-refractivity contribution in [1.29, 1.82) is 0 Å². The predicted molar refractivity (Wildman–Crippen MR) is 62.2 cm³/mol. The molecule has 1 aromatic carbocycles. The van der Waals surface area contributed by atoms with Gasteiger partial charge in [-0.3, -0.25) is 4.79 Å². The molecule has 1 atom stereocenters. The van der Waals surface area contributed by atoms with Gasteiger partial charge in [-0.2, -0.15) is 0 Å². The van der Waals surface area contributed by atoms with Gasteiger partial charge in [0.2, 0.25) is 0 Å². The standard InChI is InChI=1S/C11H12ClNO4/c1-6-2-3-7(8(12)4-6)10(15)13-5-9(14)11(16)17/h2-4,9,14H,5H2,1H3,(H,13,15)(H,16,17)/t9-/m0/s1. The summed E-state index contributed by atoms with van der Waals surface area (Å²) in [7, 11) is 0. The Morgan fingerprint density at radius 2 is 2.12 bits per heavy atom. The molecule has 0 spiro atoms. The third-order valence-electron chi connectivity index (χ3n) is 2.11. The van der Waals surface area contributed by atoms with Gasteiger partial charge in [0.15, 0.2) is 6.10 Å². The number of aliphatic carboxylic acids is 1. The Morgan fingerprint density at radius 3 is 2.65 bits per heavy atom. The number of aryl methyl sites for hydroxylation is 1. The Kier molecular flexibility index (Phi) is 4.48. The minimum atomic E-state index is -1.62. The molecule has 0 aromatic heterocycles. The van der Waals surface area contributed by atoms with Crippen LogP contribution in [0.3, 0.4) is 0 Å². The Hall–Kier alpha value is -1.59. The highest BCUT2D eigenvalue weighted by atomic mass is 35.5. The molecular formula is C11H12ClNO4. The Balaban J connectivity index is 2.67. The molecule has 1 aromatic rings. The highest BCUT2D eigenvalue weighted by Gasteiger charge is 2.16. The van der Waals surface area contributed by atoms with E-state index in [0.29, 0.717) is 0 Å². The first-order valence-corrected chi connectivity index (χ1v) is 5.25. The predicted octanol–water partition coefficient (Wildman–Crippen LogP) is 0.824. The number of nitrogens with one attached hydrogen (secondary N) is 1. The fraction of sp³-hybridized carbons (Fsp3) is 0.273. The summed E-state index contributed by atoms with van der Waals surface area (Å²) in [4.78, 5) is 21.9. The summed E-state index contributed by atoms with van der Waals surface area (Å²) in [5, 5.41) is 20.0. The molecule has 1 amide bonds. The normalized spacial score (nSPS) is 11.9. The van der Waals surface area contributed by atoms with Gasteiger partial charge in [0, 0.05) is 0 Å². The van der Waals surface area contributed by atoms with Crippen LogP contribution in [0.4, 0.5) is 0 Å². The van der Waals surface area contributed by atoms with Gasteiger partial charge < -0.3 is 15.5 Å². The summed E-state index contributed by atoms with van der Waals surface area (Å²) in [5.74, 6) is -1.91. The van der Waals surface area contributed by atoms with E-state index in [-0.39, 0.29) is 17.1 Å². The summed E-state index contributed by atoms with van der Waals surface area (Å²) in [6.07, 6.45) is -1.62. The van der Waals surface area contributed by atoms with Crippen LogP contribution in [0.2, 0.25) is 5.02 Å². The quantitative estimate of drug-likeness (QED) is 0.745. The Bertz CT molecular complexity index is 447. The molecule has 0 radical (unpaired) electrons. The first kappa shape index (κ1) is 13.5. The summed E-state index contributed by atoms with van der Waals surface area (Å²) >= 11 is 5.86. The molecule has 0 aliphatic carbocycles. The van der Waals surface area contributed by atoms with Crippen molar-refractivity contribution in [2.24, 2.45) is 0 Å². The average Bonchev–Trinajstić information content (AvgIpc) is 2.25. The first-order valence-electron chi connectivity index (χ1n) is 4.87. The minimum Gasteiger partial charge on any atom is -0.479 e. The number of carbonyl (C=O) groups excluding carboxylic acids is 1. The number of aliphatic hydroxyl groups excluding tert-OH is 1. The SMILES string of the molecule is Cc1ccc(C(=O)NC[C@H](O)C(=O)O)c(Cl)c1. The highest BCUT2D eigenvalue weighted by Crippen LogP contribution is 2.17. The van der Waals surface area contributed by atoms with E-state index in [0.717, 1.165) is 5.56 Å². The topological polar surface area (TPSA) is 86.6 Å². The number of halogens is 1. The van der Waals surface area contributed by atoms with Crippen molar-refractivity contribution in [1.82, 2.24) is 5.32 Å². The first-order chi connectivity index (χ1) is 7.91. The van der Waals surface area contributed by atoms with Crippen molar-refractivity contribution < 1.29 is 19.8 Å². The molecule has 0 unspecified atom stereocenters. The van der Waals surface area contributed by atoms with Gasteiger partial charge in [-0.05, 0) is 24.6 Å². The number of rotatable bonds is 4. The monoisotopic (exact) mass is 257 g/mol. The molecule has 1 rings (SSSR count). The molecule has 0 heterocycles. The van der Waals surface area contributed by atoms with E-state index < -0.39 is 18.0 Å². The van der Waals surface area contributed by atoms with Crippen LogP contribution in [-0.2, 0) is 4.79 Å². The molecule has 0 aliphatic rings. The molecule has 0 saturated carbocycles. The summed E-state index contributed by atoms with van der Waals surface area (Å²) < 4.78 is 0. The maximum absolute atomic E-state index is 11.6. The van der Waals surface area contributed by atoms with Crippen molar-refractivity contribution in [2.45, 2.75) is 13.0 Å². The fourth-order valence-corrected chi connectivity index (χ4v) is 1.50. The molecule has 5 nitrogen and oxygen atoms in total. The van der Waals surface area contributed by atoms with Crippen LogP contribution in [0.25, 0.3) is 0 Å². The molecule has 3 N–H and O–H groups in total. The van der Waals surface area contributed by atoms with Gasteiger partial charge in [-0.15, -0.1) is 0 Å². The van der Waals surface area contributed by atoms with Crippen LogP contribution < -0.4 is 5.32 Å². The second kappa shape index (κ2) is 5.65. The van der Waals surface area contributed by atoms with Gasteiger partial charge in [0.05, 0.1) is 17.1 Å². The van der Waals surface area contributed by atoms with Crippen molar-refractivity contribution in [3.05, 3.63) is 34.3 Å². The fourth-order valence-electron chi connectivity index (χ4n) is 1.18. The van der Waals surface area contributed by atoms with E-state index in [2.05, 4.69) is 5.32 Å². The Morgan fingerprint density at radius 1 is 1.47 bits per heavy atom. The smallest absolute Gasteiger partial charge is 0.334 e. The number of hydrogen-bond acceptors (Lipinski definition) is 3. The minimum absolute atomic E-state index is 0.245. The largest absolute Gasteiger partial charge is 0.479 e. The molecular weight excluding hydrogens is 246 g/mol. The summed E-state index contributed by atoms with van der Waals surface area (Å²) in [6, 6.07) is 4.89. The zero-order valence-electron chi connectivity index (χ0n) is 9.11. The number of carboxylic acids is 1. The number of amides is 1. The van der Waals surface area contributed by atoms with Crippen LogP contribution in [-0.4, -0.2) is 34.7 Å². The molecule has 6 heteroatoms. The maximum atomic E-state index is 11.6. The molecule has 0 aliphatic heterocycles. The lowest BCUT2D eigenvalue weighted by Gasteiger charge is -2.09. The van der Waals surface area contributed by atoms with Gasteiger partial charge >= 0.3 is 5.97 Å². The van der Waals surface area contributed by atoms with E-state index in [1.807, 2.05) is 6.92 Å². The van der Waals surface area contributed by atoms with Gasteiger partial charge in [0.25, 0.3) is 5.91 Å². The third kappa shape index (κ3) is 3.72. The number of benzene rings is 1. The Labute approximate surface area is 103 Å². The van der Waals surface area contributed by atoms with Gasteiger partial charge in [-0.1, -0.05) is 17.7 Å². The lowest BCUT2D eigenvalue weighted by Crippen LogP contribution is -2.36. The number of hydrogen-bond donors (Lipinski definition) is 3. The molecule has 0 bridgehead atoms. The maximum Gasteiger partial charge on any atom is 0.334 e. The molecule has 92 valence electrons. The van der Waals surface area contributed by atoms with Crippen LogP contribution in [0.15, 0.2) is 18.2 Å². The van der Waals surface area contributed by atoms with Crippen LogP contribution in [0.1, 0.15) is 15.9 Å². The number of carbonyl (C=O) groups is 2. The number of aliphatic hydroxyl groups is 1. The third-order valence-corrected chi connectivity index (χ3v) is 2.42. The van der Waals surface area contributed by atoms with Crippen molar-refractivity contribution in [3.63, 3.8) is 0 Å². The van der Waals surface area contributed by atoms with Crippen LogP contribution in [0, 0.1) is 6.92 Å². The van der Waals surface area contributed by atoms with Gasteiger partial charge in [-0.25, -0.2) is 4.79 Å². The van der Waals surface area contributed by atoms with Crippen LogP contribution in [0.5, 0.6) is 0 Å². The molecule has 0 fully saturated rings. The zero-order valence-corrected chi connectivity index (χ0v) is 9.86. The van der Waals surface area contributed by atoms with Crippen LogP contribution >= 0.6 is 11.6 Å². The van der Waals surface area contributed by atoms with E-state index in [1.54, 1.807) is 18.2 Å². The highest BCUT2D eigenvalue weighted by molar-refractivity contribution is 6.33. The van der Waals surface area contributed by atoms with E-state index >= 15 is 0 Å². The molecule has 17 heavy (non-hydrogen) atoms. The molecule has 0 saturated heterocycles. The van der Waals surface area contributed by atoms with Crippen molar-refractivity contribution in [2.75, 3.05) is 6.54 Å². The van der Waals surface area contributed by atoms with Gasteiger partial charge in [0.1, 0.15) is 0 Å². The summed E-state index contributed by atoms with van der Waals surface area (Å²) in [5.41, 5.74) is 1.16. The second-order valence-corrected chi connectivity index (χ2v) is 3.95.